The second-order valence-electron chi connectivity index (χ2n) is 4.28. The number of rotatable bonds is 5. The van der Waals surface area contributed by atoms with E-state index in [9.17, 15) is 5.11 Å². The predicted octanol–water partition coefficient (Wildman–Crippen LogP) is 3.19. The summed E-state index contributed by atoms with van der Waals surface area (Å²) in [5, 5.41) is 9.97. The molecule has 0 aliphatic heterocycles. The molecule has 1 aromatic heterocycles. The van der Waals surface area contributed by atoms with Crippen LogP contribution < -0.4 is 4.74 Å². The van der Waals surface area contributed by atoms with Crippen LogP contribution in [0.25, 0.3) is 0 Å². The Morgan fingerprint density at radius 1 is 1.47 bits per heavy atom. The van der Waals surface area contributed by atoms with Crippen LogP contribution in [0.5, 0.6) is 5.75 Å². The summed E-state index contributed by atoms with van der Waals surface area (Å²) in [7, 11) is 0. The smallest absolute Gasteiger partial charge is 0.146 e. The van der Waals surface area contributed by atoms with Crippen molar-refractivity contribution in [1.82, 2.24) is 9.55 Å². The molecule has 1 heterocycles. The van der Waals surface area contributed by atoms with E-state index in [2.05, 4.69) is 11.9 Å². The topological polar surface area (TPSA) is 47.3 Å². The first-order valence-corrected chi connectivity index (χ1v) is 6.60. The minimum absolute atomic E-state index is 0.370. The first-order valence-electron chi connectivity index (χ1n) is 6.22. The minimum Gasteiger partial charge on any atom is -0.484 e. The van der Waals surface area contributed by atoms with E-state index in [0.717, 1.165) is 17.9 Å². The third-order valence-corrected chi connectivity index (χ3v) is 3.23. The highest BCUT2D eigenvalue weighted by Gasteiger charge is 2.08. The van der Waals surface area contributed by atoms with Crippen LogP contribution in [0.3, 0.4) is 0 Å². The molecule has 102 valence electrons. The maximum Gasteiger partial charge on any atom is 0.146 e. The maximum absolute atomic E-state index is 9.47. The Kier molecular flexibility index (Phi) is 4.45. The van der Waals surface area contributed by atoms with Gasteiger partial charge in [-0.25, -0.2) is 4.98 Å². The number of halogens is 1. The number of aliphatic hydroxyl groups is 1. The third kappa shape index (κ3) is 3.28. The Morgan fingerprint density at radius 3 is 2.89 bits per heavy atom. The molecule has 19 heavy (non-hydrogen) atoms. The maximum atomic E-state index is 9.47. The molecule has 0 bridgehead atoms. The van der Waals surface area contributed by atoms with E-state index in [0.29, 0.717) is 17.4 Å². The Morgan fingerprint density at radius 2 is 2.26 bits per heavy atom. The van der Waals surface area contributed by atoms with Gasteiger partial charge in [0.1, 0.15) is 18.2 Å². The van der Waals surface area contributed by atoms with Gasteiger partial charge in [-0.2, -0.15) is 0 Å². The Balaban J connectivity index is 2.08. The molecule has 0 saturated heterocycles. The lowest BCUT2D eigenvalue weighted by atomic mass is 10.1. The fourth-order valence-electron chi connectivity index (χ4n) is 1.80. The van der Waals surface area contributed by atoms with Crippen molar-refractivity contribution < 1.29 is 9.84 Å². The molecule has 0 spiro atoms. The molecule has 0 saturated carbocycles. The molecular formula is C14H17ClN2O2. The average molecular weight is 281 g/mol. The van der Waals surface area contributed by atoms with Gasteiger partial charge in [0.25, 0.3) is 0 Å². The summed E-state index contributed by atoms with van der Waals surface area (Å²) in [4.78, 5) is 4.23. The number of nitrogens with zero attached hydrogens (tertiary/aromatic N) is 2. The van der Waals surface area contributed by atoms with Gasteiger partial charge < -0.3 is 14.4 Å². The van der Waals surface area contributed by atoms with Gasteiger partial charge in [-0.1, -0.05) is 17.7 Å². The van der Waals surface area contributed by atoms with Crippen LogP contribution in [0.4, 0.5) is 0 Å². The van der Waals surface area contributed by atoms with Gasteiger partial charge in [0, 0.05) is 18.9 Å². The molecule has 0 aliphatic carbocycles. The summed E-state index contributed by atoms with van der Waals surface area (Å²) in [6, 6.07) is 5.29. The molecule has 0 fully saturated rings. The van der Waals surface area contributed by atoms with Crippen LogP contribution >= 0.6 is 11.6 Å². The summed E-state index contributed by atoms with van der Waals surface area (Å²) < 4.78 is 7.67. The second kappa shape index (κ2) is 6.08. The van der Waals surface area contributed by atoms with Crippen LogP contribution in [-0.2, 0) is 13.2 Å². The largest absolute Gasteiger partial charge is 0.484 e. The van der Waals surface area contributed by atoms with Crippen LogP contribution in [0.15, 0.2) is 30.6 Å². The molecule has 2 aromatic rings. The van der Waals surface area contributed by atoms with Crippen LogP contribution in [0.1, 0.15) is 31.3 Å². The van der Waals surface area contributed by atoms with Crippen molar-refractivity contribution >= 4 is 11.6 Å². The van der Waals surface area contributed by atoms with E-state index >= 15 is 0 Å². The number of aryl methyl sites for hydroxylation is 1. The number of aromatic nitrogens is 2. The van der Waals surface area contributed by atoms with Gasteiger partial charge in [-0.3, -0.25) is 0 Å². The fourth-order valence-corrected chi connectivity index (χ4v) is 2.05. The van der Waals surface area contributed by atoms with Crippen molar-refractivity contribution in [3.8, 4) is 5.75 Å². The Labute approximate surface area is 117 Å². The van der Waals surface area contributed by atoms with Crippen LogP contribution in [0, 0.1) is 0 Å². The van der Waals surface area contributed by atoms with Crippen molar-refractivity contribution in [2.45, 2.75) is 33.1 Å². The lowest BCUT2D eigenvalue weighted by Gasteiger charge is -2.11. The summed E-state index contributed by atoms with van der Waals surface area (Å²) in [5.41, 5.74) is 0.771. The SMILES string of the molecule is CCn1ccnc1COc1ccc(C(C)O)cc1Cl. The van der Waals surface area contributed by atoms with Gasteiger partial charge in [0.15, 0.2) is 0 Å². The van der Waals surface area contributed by atoms with Gasteiger partial charge in [0.05, 0.1) is 11.1 Å². The first kappa shape index (κ1) is 13.9. The van der Waals surface area contributed by atoms with Crippen molar-refractivity contribution in [2.75, 3.05) is 0 Å². The van der Waals surface area contributed by atoms with Crippen molar-refractivity contribution in [3.63, 3.8) is 0 Å². The zero-order valence-corrected chi connectivity index (χ0v) is 11.8. The summed E-state index contributed by atoms with van der Waals surface area (Å²) in [6.07, 6.45) is 3.13. The average Bonchev–Trinajstić information content (AvgIpc) is 2.84. The molecule has 1 N–H and O–H groups in total. The monoisotopic (exact) mass is 280 g/mol. The van der Waals surface area contributed by atoms with Gasteiger partial charge in [-0.15, -0.1) is 0 Å². The van der Waals surface area contributed by atoms with Gasteiger partial charge in [-0.05, 0) is 31.5 Å². The fraction of sp³-hybridized carbons (Fsp3) is 0.357. The van der Waals surface area contributed by atoms with E-state index in [1.807, 2.05) is 10.8 Å². The molecule has 1 atom stereocenters. The van der Waals surface area contributed by atoms with Crippen molar-refractivity contribution in [1.29, 1.82) is 0 Å². The van der Waals surface area contributed by atoms with Crippen molar-refractivity contribution in [3.05, 3.63) is 47.0 Å². The molecule has 0 aliphatic rings. The van der Waals surface area contributed by atoms with E-state index < -0.39 is 6.10 Å². The number of imidazole rings is 1. The number of ether oxygens (including phenoxy) is 1. The first-order chi connectivity index (χ1) is 9.11. The van der Waals surface area contributed by atoms with Crippen LogP contribution in [0.2, 0.25) is 5.02 Å². The zero-order valence-electron chi connectivity index (χ0n) is 11.0. The number of benzene rings is 1. The predicted molar refractivity (Wildman–Crippen MR) is 74.3 cm³/mol. The minimum atomic E-state index is -0.537. The highest BCUT2D eigenvalue weighted by atomic mass is 35.5. The summed E-state index contributed by atoms with van der Waals surface area (Å²) in [5.74, 6) is 1.45. The Hall–Kier alpha value is -1.52. The van der Waals surface area contributed by atoms with E-state index in [1.54, 1.807) is 31.3 Å². The van der Waals surface area contributed by atoms with Crippen molar-refractivity contribution in [2.24, 2.45) is 0 Å². The summed E-state index contributed by atoms with van der Waals surface area (Å²) >= 11 is 6.12. The Bertz CT molecular complexity index is 552. The van der Waals surface area contributed by atoms with E-state index in [-0.39, 0.29) is 0 Å². The second-order valence-corrected chi connectivity index (χ2v) is 4.69. The summed E-state index contributed by atoms with van der Waals surface area (Å²) in [6.45, 7) is 4.97. The molecule has 4 nitrogen and oxygen atoms in total. The molecule has 1 unspecified atom stereocenters. The lowest BCUT2D eigenvalue weighted by Crippen LogP contribution is -2.05. The van der Waals surface area contributed by atoms with Gasteiger partial charge >= 0.3 is 0 Å². The van der Waals surface area contributed by atoms with E-state index in [4.69, 9.17) is 16.3 Å². The number of hydrogen-bond acceptors (Lipinski definition) is 3. The highest BCUT2D eigenvalue weighted by Crippen LogP contribution is 2.28. The van der Waals surface area contributed by atoms with Gasteiger partial charge in [0.2, 0.25) is 0 Å². The molecule has 1 aromatic carbocycles. The molecule has 2 rings (SSSR count). The zero-order chi connectivity index (χ0) is 13.8. The van der Waals surface area contributed by atoms with E-state index in [1.165, 1.54) is 0 Å². The molecule has 0 amide bonds. The standard InChI is InChI=1S/C14H17ClN2O2/c1-3-17-7-6-16-14(17)9-19-13-5-4-11(10(2)18)8-12(13)15/h4-8,10,18H,3,9H2,1-2H3. The number of hydrogen-bond donors (Lipinski definition) is 1. The number of aliphatic hydroxyl groups excluding tert-OH is 1. The molecule has 5 heteroatoms. The normalized spacial score (nSPS) is 12.4. The van der Waals surface area contributed by atoms with Crippen LogP contribution in [-0.4, -0.2) is 14.7 Å². The lowest BCUT2D eigenvalue weighted by molar-refractivity contribution is 0.199. The quantitative estimate of drug-likeness (QED) is 0.915. The molecular weight excluding hydrogens is 264 g/mol. The molecule has 0 radical (unpaired) electrons. The highest BCUT2D eigenvalue weighted by molar-refractivity contribution is 6.32. The third-order valence-electron chi connectivity index (χ3n) is 2.94.